The van der Waals surface area contributed by atoms with E-state index in [2.05, 4.69) is 0 Å². The van der Waals surface area contributed by atoms with Crippen LogP contribution in [0.5, 0.6) is 0 Å². The fourth-order valence-corrected chi connectivity index (χ4v) is 2.86. The number of ether oxygens (including phenoxy) is 2. The maximum absolute atomic E-state index is 12.4. The molecule has 2 aromatic carbocycles. The lowest BCUT2D eigenvalue weighted by Gasteiger charge is -2.25. The second-order valence-corrected chi connectivity index (χ2v) is 5.62. The van der Waals surface area contributed by atoms with E-state index in [0.717, 1.165) is 11.1 Å². The van der Waals surface area contributed by atoms with Gasteiger partial charge in [0.25, 0.3) is 0 Å². The Morgan fingerprint density at radius 1 is 0.875 bits per heavy atom. The molecular formula is C20H22O4. The van der Waals surface area contributed by atoms with Crippen LogP contribution < -0.4 is 0 Å². The zero-order chi connectivity index (χ0) is 17.4. The Hall–Kier alpha value is -2.62. The summed E-state index contributed by atoms with van der Waals surface area (Å²) in [5.74, 6) is -1.42. The number of methoxy groups -OCH3 is 2. The largest absolute Gasteiger partial charge is 0.469 e. The number of benzene rings is 2. The first kappa shape index (κ1) is 17.7. The molecule has 126 valence electrons. The van der Waals surface area contributed by atoms with Crippen LogP contribution in [0.25, 0.3) is 0 Å². The van der Waals surface area contributed by atoms with Gasteiger partial charge in [0.1, 0.15) is 0 Å². The third-order valence-corrected chi connectivity index (χ3v) is 4.13. The number of hydrogen-bond acceptors (Lipinski definition) is 4. The summed E-state index contributed by atoms with van der Waals surface area (Å²) in [6.07, 6.45) is 0.636. The first-order valence-corrected chi connectivity index (χ1v) is 7.89. The van der Waals surface area contributed by atoms with E-state index in [1.807, 2.05) is 60.7 Å². The Bertz CT molecular complexity index is 652. The summed E-state index contributed by atoms with van der Waals surface area (Å²) in [6, 6.07) is 19.3. The Labute approximate surface area is 142 Å². The summed E-state index contributed by atoms with van der Waals surface area (Å²) < 4.78 is 9.84. The van der Waals surface area contributed by atoms with Crippen LogP contribution in [-0.4, -0.2) is 26.2 Å². The molecule has 2 aromatic rings. The molecule has 0 radical (unpaired) electrons. The molecular weight excluding hydrogens is 304 g/mol. The molecule has 0 aliphatic heterocycles. The number of hydrogen-bond donors (Lipinski definition) is 0. The van der Waals surface area contributed by atoms with Crippen molar-refractivity contribution in [2.75, 3.05) is 14.2 Å². The second-order valence-electron chi connectivity index (χ2n) is 5.62. The van der Waals surface area contributed by atoms with E-state index in [1.165, 1.54) is 14.2 Å². The predicted molar refractivity (Wildman–Crippen MR) is 91.5 cm³/mol. The first-order valence-electron chi connectivity index (χ1n) is 7.89. The highest BCUT2D eigenvalue weighted by molar-refractivity contribution is 5.77. The molecule has 24 heavy (non-hydrogen) atoms. The Balaban J connectivity index is 2.36. The first-order chi connectivity index (χ1) is 11.7. The van der Waals surface area contributed by atoms with Crippen molar-refractivity contribution in [1.29, 1.82) is 0 Å². The second kappa shape index (κ2) is 8.87. The molecule has 0 heterocycles. The van der Waals surface area contributed by atoms with Gasteiger partial charge < -0.3 is 9.47 Å². The van der Waals surface area contributed by atoms with Crippen LogP contribution >= 0.6 is 0 Å². The highest BCUT2D eigenvalue weighted by atomic mass is 16.5. The number of carbonyl (C=O) groups is 2. The van der Waals surface area contributed by atoms with Crippen molar-refractivity contribution in [2.45, 2.75) is 18.8 Å². The molecule has 0 aliphatic rings. The minimum Gasteiger partial charge on any atom is -0.469 e. The quantitative estimate of drug-likeness (QED) is 0.732. The average Bonchev–Trinajstić information content (AvgIpc) is 2.65. The van der Waals surface area contributed by atoms with Crippen molar-refractivity contribution in [1.82, 2.24) is 0 Å². The molecule has 0 N–H and O–H groups in total. The summed E-state index contributed by atoms with van der Waals surface area (Å²) in [5.41, 5.74) is 1.95. The Kier molecular flexibility index (Phi) is 6.55. The van der Waals surface area contributed by atoms with Crippen molar-refractivity contribution in [2.24, 2.45) is 5.92 Å². The van der Waals surface area contributed by atoms with Gasteiger partial charge in [-0.15, -0.1) is 0 Å². The van der Waals surface area contributed by atoms with Crippen LogP contribution in [0.2, 0.25) is 0 Å². The highest BCUT2D eigenvalue weighted by Gasteiger charge is 2.32. The van der Waals surface area contributed by atoms with Crippen molar-refractivity contribution in [3.8, 4) is 0 Å². The molecule has 0 bridgehead atoms. The molecule has 0 amide bonds. The van der Waals surface area contributed by atoms with E-state index in [4.69, 9.17) is 9.47 Å². The van der Waals surface area contributed by atoms with Crippen LogP contribution in [0.4, 0.5) is 0 Å². The van der Waals surface area contributed by atoms with Gasteiger partial charge in [-0.25, -0.2) is 0 Å². The van der Waals surface area contributed by atoms with Crippen molar-refractivity contribution in [3.05, 3.63) is 71.8 Å². The molecule has 0 spiro atoms. The Morgan fingerprint density at radius 3 is 2.00 bits per heavy atom. The number of carbonyl (C=O) groups excluding carboxylic acids is 2. The van der Waals surface area contributed by atoms with Crippen LogP contribution in [0.3, 0.4) is 0 Å². The summed E-state index contributed by atoms with van der Waals surface area (Å²) in [5, 5.41) is 0. The summed E-state index contributed by atoms with van der Waals surface area (Å²) in [4.78, 5) is 24.3. The third-order valence-electron chi connectivity index (χ3n) is 4.13. The van der Waals surface area contributed by atoms with E-state index < -0.39 is 5.92 Å². The van der Waals surface area contributed by atoms with Crippen LogP contribution in [0, 0.1) is 5.92 Å². The molecule has 0 saturated carbocycles. The molecule has 0 saturated heterocycles. The van der Waals surface area contributed by atoms with Crippen molar-refractivity contribution in [3.63, 3.8) is 0 Å². The minimum absolute atomic E-state index is 0.132. The molecule has 4 nitrogen and oxygen atoms in total. The standard InChI is InChI=1S/C20H22O4/c1-23-19(21)14-17(16-11-7-4-8-12-16)18(20(22)24-2)13-15-9-5-3-6-10-15/h3-12,17-18H,13-14H2,1-2H3/t17-,18-/m0/s1. The van der Waals surface area contributed by atoms with Gasteiger partial charge in [-0.2, -0.15) is 0 Å². The van der Waals surface area contributed by atoms with Crippen molar-refractivity contribution >= 4 is 11.9 Å². The summed E-state index contributed by atoms with van der Waals surface area (Å²) in [7, 11) is 2.73. The fraction of sp³-hybridized carbons (Fsp3) is 0.300. The van der Waals surface area contributed by atoms with Gasteiger partial charge in [-0.05, 0) is 17.5 Å². The van der Waals surface area contributed by atoms with Crippen LogP contribution in [0.15, 0.2) is 60.7 Å². The number of esters is 2. The van der Waals surface area contributed by atoms with Gasteiger partial charge in [0.05, 0.1) is 26.6 Å². The van der Waals surface area contributed by atoms with E-state index in [1.54, 1.807) is 0 Å². The lowest BCUT2D eigenvalue weighted by molar-refractivity contribution is -0.147. The van der Waals surface area contributed by atoms with Gasteiger partial charge >= 0.3 is 11.9 Å². The van der Waals surface area contributed by atoms with Crippen LogP contribution in [-0.2, 0) is 25.5 Å². The van der Waals surface area contributed by atoms with E-state index in [9.17, 15) is 9.59 Å². The van der Waals surface area contributed by atoms with E-state index >= 15 is 0 Å². The highest BCUT2D eigenvalue weighted by Crippen LogP contribution is 2.32. The van der Waals surface area contributed by atoms with E-state index in [-0.39, 0.29) is 24.3 Å². The van der Waals surface area contributed by atoms with Gasteiger partial charge in [0.15, 0.2) is 0 Å². The predicted octanol–water partition coefficient (Wildman–Crippen LogP) is 3.37. The molecule has 0 unspecified atom stereocenters. The molecule has 0 aliphatic carbocycles. The van der Waals surface area contributed by atoms with E-state index in [0.29, 0.717) is 6.42 Å². The van der Waals surface area contributed by atoms with Gasteiger partial charge in [-0.3, -0.25) is 9.59 Å². The zero-order valence-electron chi connectivity index (χ0n) is 14.0. The molecule has 0 fully saturated rings. The third kappa shape index (κ3) is 4.69. The summed E-state index contributed by atoms with van der Waals surface area (Å²) >= 11 is 0. The molecule has 2 rings (SSSR count). The Morgan fingerprint density at radius 2 is 1.46 bits per heavy atom. The molecule has 0 aromatic heterocycles. The van der Waals surface area contributed by atoms with Gasteiger partial charge in [-0.1, -0.05) is 60.7 Å². The van der Waals surface area contributed by atoms with Crippen LogP contribution in [0.1, 0.15) is 23.5 Å². The lowest BCUT2D eigenvalue weighted by Crippen LogP contribution is -2.28. The monoisotopic (exact) mass is 326 g/mol. The SMILES string of the molecule is COC(=O)C[C@@H](c1ccccc1)[C@H](Cc1ccccc1)C(=O)OC. The molecule has 4 heteroatoms. The normalized spacial score (nSPS) is 12.9. The summed E-state index contributed by atoms with van der Waals surface area (Å²) in [6.45, 7) is 0. The van der Waals surface area contributed by atoms with Gasteiger partial charge in [0.2, 0.25) is 0 Å². The van der Waals surface area contributed by atoms with Crippen molar-refractivity contribution < 1.29 is 19.1 Å². The topological polar surface area (TPSA) is 52.6 Å². The zero-order valence-corrected chi connectivity index (χ0v) is 14.0. The maximum atomic E-state index is 12.4. The lowest BCUT2D eigenvalue weighted by atomic mass is 9.80. The molecule has 2 atom stereocenters. The average molecular weight is 326 g/mol. The number of rotatable bonds is 7. The van der Waals surface area contributed by atoms with Gasteiger partial charge in [0, 0.05) is 5.92 Å². The maximum Gasteiger partial charge on any atom is 0.309 e. The fourth-order valence-electron chi connectivity index (χ4n) is 2.86. The smallest absolute Gasteiger partial charge is 0.309 e. The minimum atomic E-state index is -0.459.